The van der Waals surface area contributed by atoms with Gasteiger partial charge in [-0.25, -0.2) is 0 Å². The average molecular weight is 215 g/mol. The summed E-state index contributed by atoms with van der Waals surface area (Å²) in [7, 11) is 0. The van der Waals surface area contributed by atoms with Gasteiger partial charge in [-0.3, -0.25) is 0 Å². The fraction of sp³-hybridized carbons (Fsp3) is 1.00. The van der Waals surface area contributed by atoms with Gasteiger partial charge in [-0.2, -0.15) is 11.8 Å². The summed E-state index contributed by atoms with van der Waals surface area (Å²) in [5.74, 6) is 2.39. The molecule has 0 radical (unpaired) electrons. The minimum atomic E-state index is 0.803. The highest BCUT2D eigenvalue weighted by atomic mass is 32.2. The molecule has 1 atom stereocenters. The van der Waals surface area contributed by atoms with E-state index in [1.54, 1.807) is 0 Å². The summed E-state index contributed by atoms with van der Waals surface area (Å²) in [6.45, 7) is 3.54. The quantitative estimate of drug-likeness (QED) is 0.592. The van der Waals surface area contributed by atoms with Crippen molar-refractivity contribution < 1.29 is 0 Å². The Balaban J connectivity index is 1.90. The van der Waals surface area contributed by atoms with Gasteiger partial charge >= 0.3 is 0 Å². The second-order valence-corrected chi connectivity index (χ2v) is 5.42. The lowest BCUT2D eigenvalue weighted by molar-refractivity contribution is 0.441. The van der Waals surface area contributed by atoms with Crippen LogP contribution in [-0.4, -0.2) is 24.6 Å². The van der Waals surface area contributed by atoms with E-state index in [0.717, 1.165) is 12.0 Å². The lowest BCUT2D eigenvalue weighted by Gasteiger charge is -2.16. The number of rotatable bonds is 9. The van der Waals surface area contributed by atoms with Crippen LogP contribution in [0.2, 0.25) is 0 Å². The normalized spacial score (nSPS) is 18.4. The predicted octanol–water partition coefficient (Wildman–Crippen LogP) is 3.30. The van der Waals surface area contributed by atoms with E-state index in [1.807, 2.05) is 11.8 Å². The first-order chi connectivity index (χ1) is 6.86. The fourth-order valence-corrected chi connectivity index (χ4v) is 2.32. The maximum atomic E-state index is 3.69. The minimum absolute atomic E-state index is 0.803. The highest BCUT2D eigenvalue weighted by Gasteiger charge is 2.24. The molecular formula is C12H25NS. The Morgan fingerprint density at radius 2 is 2.14 bits per heavy atom. The molecule has 84 valence electrons. The van der Waals surface area contributed by atoms with Gasteiger partial charge in [-0.05, 0) is 50.2 Å². The van der Waals surface area contributed by atoms with E-state index in [2.05, 4.69) is 18.5 Å². The zero-order valence-electron chi connectivity index (χ0n) is 9.72. The zero-order chi connectivity index (χ0) is 10.2. The van der Waals surface area contributed by atoms with Crippen LogP contribution < -0.4 is 5.32 Å². The van der Waals surface area contributed by atoms with Crippen LogP contribution in [0.15, 0.2) is 0 Å². The van der Waals surface area contributed by atoms with Crippen molar-refractivity contribution in [2.75, 3.05) is 18.6 Å². The molecule has 0 saturated heterocycles. The Kier molecular flexibility index (Phi) is 6.70. The molecule has 0 amide bonds. The Labute approximate surface area is 93.4 Å². The molecule has 0 aromatic carbocycles. The Morgan fingerprint density at radius 1 is 1.36 bits per heavy atom. The zero-order valence-corrected chi connectivity index (χ0v) is 10.5. The Bertz CT molecular complexity index is 134. The first-order valence-corrected chi connectivity index (χ1v) is 7.48. The molecule has 1 rings (SSSR count). The van der Waals surface area contributed by atoms with Gasteiger partial charge in [-0.15, -0.1) is 0 Å². The second kappa shape index (κ2) is 7.58. The van der Waals surface area contributed by atoms with Gasteiger partial charge in [-0.1, -0.05) is 19.8 Å². The van der Waals surface area contributed by atoms with Gasteiger partial charge in [0.25, 0.3) is 0 Å². The average Bonchev–Trinajstić information content (AvgIpc) is 2.99. The fourth-order valence-electron chi connectivity index (χ4n) is 1.83. The topological polar surface area (TPSA) is 12.0 Å². The lowest BCUT2D eigenvalue weighted by atomic mass is 10.1. The molecule has 0 spiro atoms. The Morgan fingerprint density at radius 3 is 2.71 bits per heavy atom. The van der Waals surface area contributed by atoms with Gasteiger partial charge in [0, 0.05) is 6.04 Å². The molecule has 2 heteroatoms. The van der Waals surface area contributed by atoms with Crippen LogP contribution in [0.5, 0.6) is 0 Å². The van der Waals surface area contributed by atoms with Crippen molar-refractivity contribution in [2.24, 2.45) is 5.92 Å². The van der Waals surface area contributed by atoms with Gasteiger partial charge in [0.05, 0.1) is 0 Å². The molecule has 1 unspecified atom stereocenters. The van der Waals surface area contributed by atoms with Gasteiger partial charge < -0.3 is 5.32 Å². The third-order valence-electron chi connectivity index (χ3n) is 3.02. The van der Waals surface area contributed by atoms with E-state index < -0.39 is 0 Å². The first-order valence-electron chi connectivity index (χ1n) is 6.09. The van der Waals surface area contributed by atoms with Crippen LogP contribution >= 0.6 is 11.8 Å². The number of unbranched alkanes of at least 4 members (excludes halogenated alkanes) is 1. The largest absolute Gasteiger partial charge is 0.314 e. The van der Waals surface area contributed by atoms with Crippen molar-refractivity contribution in [3.63, 3.8) is 0 Å². The summed E-state index contributed by atoms with van der Waals surface area (Å²) in [4.78, 5) is 0. The third kappa shape index (κ3) is 5.92. The van der Waals surface area contributed by atoms with E-state index in [0.29, 0.717) is 0 Å². The van der Waals surface area contributed by atoms with Crippen molar-refractivity contribution in [3.05, 3.63) is 0 Å². The van der Waals surface area contributed by atoms with Crippen molar-refractivity contribution in [2.45, 2.75) is 51.5 Å². The predicted molar refractivity (Wildman–Crippen MR) is 67.0 cm³/mol. The molecular weight excluding hydrogens is 190 g/mol. The highest BCUT2D eigenvalue weighted by Crippen LogP contribution is 2.33. The van der Waals surface area contributed by atoms with Crippen molar-refractivity contribution in [3.8, 4) is 0 Å². The summed E-state index contributed by atoms with van der Waals surface area (Å²) >= 11 is 1.96. The molecule has 0 bridgehead atoms. The van der Waals surface area contributed by atoms with E-state index in [9.17, 15) is 0 Å². The van der Waals surface area contributed by atoms with Crippen LogP contribution in [-0.2, 0) is 0 Å². The standard InChI is InChI=1S/C12H25NS/c1-3-12(10-11-6-7-11)13-8-4-5-9-14-2/h11-13H,3-10H2,1-2H3. The number of nitrogens with one attached hydrogen (secondary N) is 1. The van der Waals surface area contributed by atoms with Gasteiger partial charge in [0.1, 0.15) is 0 Å². The number of thioether (sulfide) groups is 1. The monoisotopic (exact) mass is 215 g/mol. The summed E-state index contributed by atoms with van der Waals surface area (Å²) in [6, 6.07) is 0.803. The SMILES string of the molecule is CCC(CC1CC1)NCCCCSC. The van der Waals surface area contributed by atoms with Crippen molar-refractivity contribution >= 4 is 11.8 Å². The maximum Gasteiger partial charge on any atom is 0.00670 e. The number of hydrogen-bond acceptors (Lipinski definition) is 2. The van der Waals surface area contributed by atoms with Crippen LogP contribution in [0.4, 0.5) is 0 Å². The summed E-state index contributed by atoms with van der Waals surface area (Å²) < 4.78 is 0. The van der Waals surface area contributed by atoms with Gasteiger partial charge in [0.2, 0.25) is 0 Å². The third-order valence-corrected chi connectivity index (χ3v) is 3.71. The summed E-state index contributed by atoms with van der Waals surface area (Å²) in [6.07, 6.45) is 10.6. The van der Waals surface area contributed by atoms with E-state index >= 15 is 0 Å². The number of hydrogen-bond donors (Lipinski definition) is 1. The van der Waals surface area contributed by atoms with Crippen LogP contribution in [0.1, 0.15) is 45.4 Å². The molecule has 1 fully saturated rings. The summed E-state index contributed by atoms with van der Waals surface area (Å²) in [5, 5.41) is 3.69. The molecule has 1 aliphatic rings. The molecule has 0 aromatic heterocycles. The smallest absolute Gasteiger partial charge is 0.00670 e. The molecule has 0 aliphatic heterocycles. The van der Waals surface area contributed by atoms with Crippen LogP contribution in [0.3, 0.4) is 0 Å². The molecule has 1 saturated carbocycles. The minimum Gasteiger partial charge on any atom is -0.314 e. The van der Waals surface area contributed by atoms with Crippen molar-refractivity contribution in [1.82, 2.24) is 5.32 Å². The molecule has 1 N–H and O–H groups in total. The lowest BCUT2D eigenvalue weighted by Crippen LogP contribution is -2.29. The summed E-state index contributed by atoms with van der Waals surface area (Å²) in [5.41, 5.74) is 0. The first kappa shape index (κ1) is 12.4. The molecule has 1 aliphatic carbocycles. The second-order valence-electron chi connectivity index (χ2n) is 4.44. The highest BCUT2D eigenvalue weighted by molar-refractivity contribution is 7.98. The molecule has 1 nitrogen and oxygen atoms in total. The maximum absolute atomic E-state index is 3.69. The Hall–Kier alpha value is 0.310. The van der Waals surface area contributed by atoms with Crippen LogP contribution in [0.25, 0.3) is 0 Å². The van der Waals surface area contributed by atoms with E-state index in [4.69, 9.17) is 0 Å². The molecule has 0 heterocycles. The van der Waals surface area contributed by atoms with E-state index in [1.165, 1.54) is 50.8 Å². The van der Waals surface area contributed by atoms with E-state index in [-0.39, 0.29) is 0 Å². The molecule has 0 aromatic rings. The van der Waals surface area contributed by atoms with Crippen LogP contribution in [0, 0.1) is 5.92 Å². The molecule has 14 heavy (non-hydrogen) atoms. The van der Waals surface area contributed by atoms with Gasteiger partial charge in [0.15, 0.2) is 0 Å². The van der Waals surface area contributed by atoms with Crippen molar-refractivity contribution in [1.29, 1.82) is 0 Å².